The minimum absolute atomic E-state index is 0.788. The highest BCUT2D eigenvalue weighted by molar-refractivity contribution is 5.13. The van der Waals surface area contributed by atoms with Gasteiger partial charge in [-0.15, -0.1) is 0 Å². The second kappa shape index (κ2) is 3.58. The first-order valence-electron chi connectivity index (χ1n) is 3.87. The first-order valence-corrected chi connectivity index (χ1v) is 3.87. The van der Waals surface area contributed by atoms with Crippen molar-refractivity contribution in [2.45, 2.75) is 20.4 Å². The molecule has 0 radical (unpaired) electrons. The molecule has 1 rings (SSSR count). The van der Waals surface area contributed by atoms with Crippen LogP contribution in [0.3, 0.4) is 0 Å². The van der Waals surface area contributed by atoms with E-state index in [1.165, 1.54) is 11.4 Å². The van der Waals surface area contributed by atoms with Crippen molar-refractivity contribution in [3.05, 3.63) is 23.5 Å². The number of aryl methyl sites for hydroxylation is 2. The highest BCUT2D eigenvalue weighted by atomic mass is 16.5. The summed E-state index contributed by atoms with van der Waals surface area (Å²) in [6, 6.07) is 4.26. The van der Waals surface area contributed by atoms with E-state index in [1.54, 1.807) is 7.11 Å². The van der Waals surface area contributed by atoms with E-state index in [0.29, 0.717) is 0 Å². The van der Waals surface area contributed by atoms with Gasteiger partial charge in [0, 0.05) is 25.0 Å². The van der Waals surface area contributed by atoms with Gasteiger partial charge in [-0.05, 0) is 26.0 Å². The lowest BCUT2D eigenvalue weighted by molar-refractivity contribution is 0.186. The maximum absolute atomic E-state index is 5.00. The monoisotopic (exact) mass is 153 g/mol. The van der Waals surface area contributed by atoms with Crippen LogP contribution < -0.4 is 0 Å². The Morgan fingerprint density at radius 2 is 1.82 bits per heavy atom. The topological polar surface area (TPSA) is 14.2 Å². The number of rotatable bonds is 3. The van der Waals surface area contributed by atoms with Crippen LogP contribution in [-0.2, 0) is 11.3 Å². The Labute approximate surface area is 67.8 Å². The minimum Gasteiger partial charge on any atom is -0.383 e. The van der Waals surface area contributed by atoms with Crippen molar-refractivity contribution in [3.63, 3.8) is 0 Å². The molecular weight excluding hydrogens is 138 g/mol. The van der Waals surface area contributed by atoms with Crippen LogP contribution in [0.25, 0.3) is 0 Å². The fraction of sp³-hybridized carbons (Fsp3) is 0.556. The normalized spacial score (nSPS) is 10.5. The van der Waals surface area contributed by atoms with E-state index in [2.05, 4.69) is 30.5 Å². The van der Waals surface area contributed by atoms with E-state index >= 15 is 0 Å². The van der Waals surface area contributed by atoms with Crippen molar-refractivity contribution >= 4 is 0 Å². The van der Waals surface area contributed by atoms with E-state index in [-0.39, 0.29) is 0 Å². The third-order valence-corrected chi connectivity index (χ3v) is 1.94. The standard InChI is InChI=1S/C9H15NO/c1-8-4-5-9(2)10(8)6-7-11-3/h4-5H,6-7H2,1-3H3. The fourth-order valence-corrected chi connectivity index (χ4v) is 1.23. The highest BCUT2D eigenvalue weighted by Crippen LogP contribution is 2.05. The zero-order valence-electron chi connectivity index (χ0n) is 7.42. The summed E-state index contributed by atoms with van der Waals surface area (Å²) in [5, 5.41) is 0. The molecule has 0 fully saturated rings. The van der Waals surface area contributed by atoms with Gasteiger partial charge in [0.05, 0.1) is 6.61 Å². The highest BCUT2D eigenvalue weighted by Gasteiger charge is 1.98. The van der Waals surface area contributed by atoms with E-state index in [1.807, 2.05) is 0 Å². The lowest BCUT2D eigenvalue weighted by Crippen LogP contribution is -2.06. The second-order valence-electron chi connectivity index (χ2n) is 2.76. The van der Waals surface area contributed by atoms with Crippen LogP contribution in [0.4, 0.5) is 0 Å². The lowest BCUT2D eigenvalue weighted by atomic mass is 10.5. The molecule has 0 amide bonds. The molecule has 1 heterocycles. The van der Waals surface area contributed by atoms with Gasteiger partial charge in [-0.1, -0.05) is 0 Å². The molecule has 0 N–H and O–H groups in total. The van der Waals surface area contributed by atoms with E-state index in [0.717, 1.165) is 13.2 Å². The molecule has 1 aromatic heterocycles. The molecule has 0 bridgehead atoms. The van der Waals surface area contributed by atoms with Crippen molar-refractivity contribution in [2.24, 2.45) is 0 Å². The molecule has 11 heavy (non-hydrogen) atoms. The number of hydrogen-bond acceptors (Lipinski definition) is 1. The summed E-state index contributed by atoms with van der Waals surface area (Å²) in [5.74, 6) is 0. The number of nitrogens with zero attached hydrogens (tertiary/aromatic N) is 1. The van der Waals surface area contributed by atoms with Gasteiger partial charge in [0.2, 0.25) is 0 Å². The molecular formula is C9H15NO. The van der Waals surface area contributed by atoms with Crippen LogP contribution in [0.5, 0.6) is 0 Å². The van der Waals surface area contributed by atoms with E-state index in [4.69, 9.17) is 4.74 Å². The van der Waals surface area contributed by atoms with Crippen LogP contribution in [0.1, 0.15) is 11.4 Å². The SMILES string of the molecule is COCCn1c(C)ccc1C. The van der Waals surface area contributed by atoms with E-state index in [9.17, 15) is 0 Å². The Balaban J connectivity index is 2.67. The van der Waals surface area contributed by atoms with Gasteiger partial charge in [0.1, 0.15) is 0 Å². The predicted octanol–water partition coefficient (Wildman–Crippen LogP) is 1.75. The molecule has 2 nitrogen and oxygen atoms in total. The summed E-state index contributed by atoms with van der Waals surface area (Å²) in [4.78, 5) is 0. The van der Waals surface area contributed by atoms with Crippen molar-refractivity contribution in [1.29, 1.82) is 0 Å². The molecule has 0 aliphatic heterocycles. The average Bonchev–Trinajstić information content (AvgIpc) is 2.29. The molecule has 1 aromatic rings. The molecule has 0 saturated carbocycles. The molecule has 0 atom stereocenters. The number of aromatic nitrogens is 1. The van der Waals surface area contributed by atoms with Crippen LogP contribution in [0.15, 0.2) is 12.1 Å². The van der Waals surface area contributed by atoms with E-state index < -0.39 is 0 Å². The summed E-state index contributed by atoms with van der Waals surface area (Å²) < 4.78 is 7.26. The Hall–Kier alpha value is -0.760. The van der Waals surface area contributed by atoms with Crippen molar-refractivity contribution < 1.29 is 4.74 Å². The van der Waals surface area contributed by atoms with Gasteiger partial charge in [0.15, 0.2) is 0 Å². The summed E-state index contributed by atoms with van der Waals surface area (Å²) in [5.41, 5.74) is 2.61. The third-order valence-electron chi connectivity index (χ3n) is 1.94. The first-order chi connectivity index (χ1) is 5.25. The van der Waals surface area contributed by atoms with Crippen LogP contribution in [0, 0.1) is 13.8 Å². The summed E-state index contributed by atoms with van der Waals surface area (Å²) in [6.07, 6.45) is 0. The zero-order valence-corrected chi connectivity index (χ0v) is 7.42. The van der Waals surface area contributed by atoms with Gasteiger partial charge in [-0.3, -0.25) is 0 Å². The maximum Gasteiger partial charge on any atom is 0.0641 e. The van der Waals surface area contributed by atoms with Crippen LogP contribution in [-0.4, -0.2) is 18.3 Å². The Bertz CT molecular complexity index is 208. The summed E-state index contributed by atoms with van der Waals surface area (Å²) in [6.45, 7) is 5.98. The molecule has 62 valence electrons. The Morgan fingerprint density at radius 1 is 1.27 bits per heavy atom. The quantitative estimate of drug-likeness (QED) is 0.645. The maximum atomic E-state index is 5.00. The van der Waals surface area contributed by atoms with Gasteiger partial charge in [0.25, 0.3) is 0 Å². The van der Waals surface area contributed by atoms with Gasteiger partial charge < -0.3 is 9.30 Å². The van der Waals surface area contributed by atoms with Gasteiger partial charge in [-0.25, -0.2) is 0 Å². The number of ether oxygens (including phenoxy) is 1. The average molecular weight is 153 g/mol. The Kier molecular flexibility index (Phi) is 2.71. The predicted molar refractivity (Wildman–Crippen MR) is 45.8 cm³/mol. The van der Waals surface area contributed by atoms with Crippen LogP contribution in [0.2, 0.25) is 0 Å². The largest absolute Gasteiger partial charge is 0.383 e. The molecule has 0 aliphatic rings. The molecule has 0 aromatic carbocycles. The molecule has 0 aliphatic carbocycles. The van der Waals surface area contributed by atoms with Crippen molar-refractivity contribution in [1.82, 2.24) is 4.57 Å². The molecule has 0 unspecified atom stereocenters. The van der Waals surface area contributed by atoms with Crippen molar-refractivity contribution in [2.75, 3.05) is 13.7 Å². The first kappa shape index (κ1) is 8.34. The third kappa shape index (κ3) is 1.84. The second-order valence-corrected chi connectivity index (χ2v) is 2.76. The molecule has 0 spiro atoms. The van der Waals surface area contributed by atoms with Crippen molar-refractivity contribution in [3.8, 4) is 0 Å². The lowest BCUT2D eigenvalue weighted by Gasteiger charge is -2.07. The number of hydrogen-bond donors (Lipinski definition) is 0. The molecule has 2 heteroatoms. The van der Waals surface area contributed by atoms with Gasteiger partial charge >= 0.3 is 0 Å². The molecule has 0 saturated heterocycles. The number of methoxy groups -OCH3 is 1. The fourth-order valence-electron chi connectivity index (χ4n) is 1.23. The zero-order chi connectivity index (χ0) is 8.27. The smallest absolute Gasteiger partial charge is 0.0641 e. The Morgan fingerprint density at radius 3 is 2.27 bits per heavy atom. The van der Waals surface area contributed by atoms with Crippen LogP contribution >= 0.6 is 0 Å². The summed E-state index contributed by atoms with van der Waals surface area (Å²) >= 11 is 0. The van der Waals surface area contributed by atoms with Gasteiger partial charge in [-0.2, -0.15) is 0 Å². The summed E-state index contributed by atoms with van der Waals surface area (Å²) in [7, 11) is 1.73. The minimum atomic E-state index is 0.788.